The molecule has 0 radical (unpaired) electrons. The number of likely N-dealkylation sites (N-methyl/N-ethyl adjacent to an activating group) is 1. The van der Waals surface area contributed by atoms with E-state index in [0.29, 0.717) is 5.69 Å². The highest BCUT2D eigenvalue weighted by Crippen LogP contribution is 2.31. The van der Waals surface area contributed by atoms with Gasteiger partial charge in [-0.15, -0.1) is 0 Å². The van der Waals surface area contributed by atoms with Crippen LogP contribution in [0.3, 0.4) is 0 Å². The Bertz CT molecular complexity index is 1120. The molecule has 4 rings (SSSR count). The summed E-state index contributed by atoms with van der Waals surface area (Å²) in [4.78, 5) is 12.6. The van der Waals surface area contributed by atoms with Crippen molar-refractivity contribution in [2.24, 2.45) is 16.1 Å². The minimum absolute atomic E-state index is 0.0460. The zero-order chi connectivity index (χ0) is 25.0. The van der Waals surface area contributed by atoms with Gasteiger partial charge in [0, 0.05) is 24.9 Å². The number of benzene rings is 1. The number of halogens is 3. The van der Waals surface area contributed by atoms with Crippen molar-refractivity contribution in [1.82, 2.24) is 16.0 Å². The molecule has 0 spiro atoms. The zero-order valence-electron chi connectivity index (χ0n) is 19.6. The summed E-state index contributed by atoms with van der Waals surface area (Å²) in [6.45, 7) is 5.70. The van der Waals surface area contributed by atoms with Gasteiger partial charge in [-0.1, -0.05) is 19.1 Å². The van der Waals surface area contributed by atoms with Crippen LogP contribution in [0.5, 0.6) is 0 Å². The van der Waals surface area contributed by atoms with Crippen molar-refractivity contribution in [2.75, 3.05) is 18.4 Å². The van der Waals surface area contributed by atoms with Crippen molar-refractivity contribution in [3.8, 4) is 0 Å². The van der Waals surface area contributed by atoms with Crippen molar-refractivity contribution in [1.29, 1.82) is 0 Å². The van der Waals surface area contributed by atoms with Crippen LogP contribution in [0.25, 0.3) is 5.57 Å². The van der Waals surface area contributed by atoms with E-state index in [1.165, 1.54) is 0 Å². The van der Waals surface area contributed by atoms with Crippen LogP contribution in [-0.4, -0.2) is 49.3 Å². The van der Waals surface area contributed by atoms with E-state index in [-0.39, 0.29) is 17.9 Å². The van der Waals surface area contributed by atoms with Crippen LogP contribution in [0.1, 0.15) is 30.9 Å². The van der Waals surface area contributed by atoms with Gasteiger partial charge in [-0.25, -0.2) is 0 Å². The van der Waals surface area contributed by atoms with Crippen molar-refractivity contribution in [3.05, 3.63) is 59.3 Å². The predicted molar refractivity (Wildman–Crippen MR) is 132 cm³/mol. The van der Waals surface area contributed by atoms with Gasteiger partial charge in [0.25, 0.3) is 5.91 Å². The number of anilines is 1. The number of hydrogen-bond acceptors (Lipinski definition) is 6. The number of rotatable bonds is 6. The number of aryl methyl sites for hydroxylation is 1. The second-order valence-electron chi connectivity index (χ2n) is 8.72. The van der Waals surface area contributed by atoms with Gasteiger partial charge >= 0.3 is 6.18 Å². The molecular formula is C25H29F3N6O. The summed E-state index contributed by atoms with van der Waals surface area (Å²) >= 11 is 0. The van der Waals surface area contributed by atoms with E-state index in [4.69, 9.17) is 0 Å². The third-order valence-corrected chi connectivity index (χ3v) is 6.18. The fourth-order valence-corrected chi connectivity index (χ4v) is 4.31. The number of amides is 1. The second kappa shape index (κ2) is 10.6. The highest BCUT2D eigenvalue weighted by Gasteiger charge is 2.41. The van der Waals surface area contributed by atoms with E-state index in [2.05, 4.69) is 56.6 Å². The summed E-state index contributed by atoms with van der Waals surface area (Å²) in [5.41, 5.74) is 4.61. The van der Waals surface area contributed by atoms with E-state index < -0.39 is 24.4 Å². The summed E-state index contributed by atoms with van der Waals surface area (Å²) < 4.78 is 39.1. The molecule has 10 heteroatoms. The van der Waals surface area contributed by atoms with E-state index in [1.54, 1.807) is 6.07 Å². The van der Waals surface area contributed by atoms with Crippen molar-refractivity contribution in [2.45, 2.75) is 45.1 Å². The van der Waals surface area contributed by atoms with Gasteiger partial charge < -0.3 is 16.0 Å². The molecule has 0 saturated carbocycles. The molecule has 0 bridgehead atoms. The summed E-state index contributed by atoms with van der Waals surface area (Å²) in [6.07, 6.45) is 4.97. The first-order valence-electron chi connectivity index (χ1n) is 11.7. The van der Waals surface area contributed by atoms with Gasteiger partial charge in [0.1, 0.15) is 5.71 Å². The fraction of sp³-hybridized carbons (Fsp3) is 0.400. The molecule has 1 aromatic carbocycles. The molecule has 0 fully saturated rings. The van der Waals surface area contributed by atoms with Gasteiger partial charge in [0.15, 0.2) is 0 Å². The summed E-state index contributed by atoms with van der Waals surface area (Å²) in [6, 6.07) is 5.55. The minimum atomic E-state index is -4.47. The molecule has 0 saturated heterocycles. The highest BCUT2D eigenvalue weighted by atomic mass is 19.4. The summed E-state index contributed by atoms with van der Waals surface area (Å²) in [5, 5.41) is 19.9. The second-order valence-corrected chi connectivity index (χ2v) is 8.72. The van der Waals surface area contributed by atoms with Crippen molar-refractivity contribution < 1.29 is 18.0 Å². The first-order chi connectivity index (χ1) is 16.7. The van der Waals surface area contributed by atoms with E-state index in [9.17, 15) is 18.0 Å². The van der Waals surface area contributed by atoms with Crippen molar-refractivity contribution in [3.63, 3.8) is 0 Å². The molecule has 1 amide bonds. The molecule has 7 nitrogen and oxygen atoms in total. The van der Waals surface area contributed by atoms with Crippen LogP contribution < -0.4 is 21.3 Å². The largest absolute Gasteiger partial charge is 0.397 e. The summed E-state index contributed by atoms with van der Waals surface area (Å²) in [7, 11) is 0. The summed E-state index contributed by atoms with van der Waals surface area (Å²) in [5.74, 6) is -2.49. The minimum Gasteiger partial charge on any atom is -0.372 e. The zero-order valence-corrected chi connectivity index (χ0v) is 19.6. The molecule has 3 aliphatic heterocycles. The van der Waals surface area contributed by atoms with Crippen LogP contribution in [-0.2, 0) is 4.79 Å². The first kappa shape index (κ1) is 24.9. The van der Waals surface area contributed by atoms with Gasteiger partial charge in [-0.3, -0.25) is 10.1 Å². The molecular weight excluding hydrogens is 457 g/mol. The predicted octanol–water partition coefficient (Wildman–Crippen LogP) is 3.67. The average Bonchev–Trinajstić information content (AvgIpc) is 2.85. The monoisotopic (exact) mass is 486 g/mol. The van der Waals surface area contributed by atoms with Crippen LogP contribution in [0.2, 0.25) is 0 Å². The normalized spacial score (nSPS) is 24.3. The lowest BCUT2D eigenvalue weighted by Crippen LogP contribution is -2.42. The van der Waals surface area contributed by atoms with Crippen LogP contribution >= 0.6 is 0 Å². The SMILES string of the molecule is CCNC1C=C(C2C=C(c3cc(NC(=O)C4=NN=CC(C(F)(F)F)C4)ccc3C)CCN2)C=CN1. The Morgan fingerprint density at radius 2 is 2.09 bits per heavy atom. The molecule has 3 aliphatic rings. The lowest BCUT2D eigenvalue weighted by atomic mass is 9.90. The van der Waals surface area contributed by atoms with E-state index in [0.717, 1.165) is 48.0 Å². The number of carbonyl (C=O) groups is 1. The average molecular weight is 487 g/mol. The van der Waals surface area contributed by atoms with Gasteiger partial charge in [-0.2, -0.15) is 23.4 Å². The number of dihydropyridines is 1. The van der Waals surface area contributed by atoms with E-state index >= 15 is 0 Å². The van der Waals surface area contributed by atoms with Gasteiger partial charge in [0.2, 0.25) is 0 Å². The molecule has 4 N–H and O–H groups in total. The third kappa shape index (κ3) is 6.07. The lowest BCUT2D eigenvalue weighted by Gasteiger charge is -2.28. The Balaban J connectivity index is 1.51. The standard InChI is InChI=1S/C25H29F3N6O/c1-3-29-23-11-17(7-9-31-23)21-10-16(6-8-30-21)20-13-19(5-4-15(20)2)33-24(35)22-12-18(14-32-34-22)25(26,27)28/h4-5,7,9-11,13-14,18,21,23,29-31H,3,6,8,12H2,1-2H3,(H,33,35). The smallest absolute Gasteiger partial charge is 0.372 e. The Morgan fingerprint density at radius 1 is 1.26 bits per heavy atom. The number of hydrogen-bond donors (Lipinski definition) is 4. The Kier molecular flexibility index (Phi) is 7.51. The Labute approximate surface area is 202 Å². The quantitative estimate of drug-likeness (QED) is 0.494. The topological polar surface area (TPSA) is 89.9 Å². The maximum atomic E-state index is 13.0. The molecule has 35 heavy (non-hydrogen) atoms. The number of nitrogens with zero attached hydrogens (tertiary/aromatic N) is 2. The number of nitrogens with one attached hydrogen (secondary N) is 4. The molecule has 186 valence electrons. The van der Waals surface area contributed by atoms with Crippen LogP contribution in [0, 0.1) is 12.8 Å². The molecule has 0 aromatic heterocycles. The maximum Gasteiger partial charge on any atom is 0.397 e. The number of carbonyl (C=O) groups excluding carboxylic acids is 1. The fourth-order valence-electron chi connectivity index (χ4n) is 4.31. The molecule has 3 atom stereocenters. The van der Waals surface area contributed by atoms with Gasteiger partial charge in [0.05, 0.1) is 18.1 Å². The lowest BCUT2D eigenvalue weighted by molar-refractivity contribution is -0.152. The molecule has 3 unspecified atom stereocenters. The Hall–Kier alpha value is -3.24. The molecule has 1 aromatic rings. The van der Waals surface area contributed by atoms with Crippen LogP contribution in [0.4, 0.5) is 18.9 Å². The molecule has 3 heterocycles. The van der Waals surface area contributed by atoms with Gasteiger partial charge in [-0.05, 0) is 72.6 Å². The number of alkyl halides is 3. The molecule has 0 aliphatic carbocycles. The highest BCUT2D eigenvalue weighted by molar-refractivity contribution is 6.43. The third-order valence-electron chi connectivity index (χ3n) is 6.18. The first-order valence-corrected chi connectivity index (χ1v) is 11.7. The van der Waals surface area contributed by atoms with Crippen LogP contribution in [0.15, 0.2) is 58.4 Å². The van der Waals surface area contributed by atoms with E-state index in [1.807, 2.05) is 25.3 Å². The Morgan fingerprint density at radius 3 is 2.86 bits per heavy atom. The van der Waals surface area contributed by atoms with Crippen molar-refractivity contribution >= 4 is 29.1 Å². The maximum absolute atomic E-state index is 13.0.